The number of anilines is 2. The molecule has 1 amide bonds. The molecule has 0 fully saturated rings. The molecule has 2 aromatic rings. The Bertz CT molecular complexity index is 745. The molecule has 23 heavy (non-hydrogen) atoms. The Labute approximate surface area is 138 Å². The Kier molecular flexibility index (Phi) is 5.71. The van der Waals surface area contributed by atoms with E-state index >= 15 is 0 Å². The number of para-hydroxylation sites is 2. The largest absolute Gasteiger partial charge is 0.410 e. The Morgan fingerprint density at radius 3 is 2.39 bits per heavy atom. The summed E-state index contributed by atoms with van der Waals surface area (Å²) in [7, 11) is 0. The predicted molar refractivity (Wildman–Crippen MR) is 92.5 cm³/mol. The Balaban J connectivity index is 2.09. The summed E-state index contributed by atoms with van der Waals surface area (Å²) in [6.07, 6.45) is 0. The fraction of sp³-hybridized carbons (Fsp3) is 0.0625. The third kappa shape index (κ3) is 4.55. The van der Waals surface area contributed by atoms with Gasteiger partial charge in [0.2, 0.25) is 0 Å². The number of carbonyl (C=O) groups is 1. The van der Waals surface area contributed by atoms with E-state index in [1.165, 1.54) is 0 Å². The van der Waals surface area contributed by atoms with Crippen LogP contribution in [0, 0.1) is 0 Å². The standard InChI is InChI=1S/C16H15ClN4O2/c1-11(19-20-14-10-6-5-9-13(14)17)15(21-23)16(22)18-12-7-3-2-4-8-12/h2-10,20,23H,1H3,(H,18,22)/b19-11-,21-15+. The molecule has 0 aromatic heterocycles. The summed E-state index contributed by atoms with van der Waals surface area (Å²) in [6, 6.07) is 15.9. The van der Waals surface area contributed by atoms with E-state index in [2.05, 4.69) is 21.0 Å². The van der Waals surface area contributed by atoms with Gasteiger partial charge in [0.15, 0.2) is 5.71 Å². The Hall–Kier alpha value is -2.86. The average Bonchev–Trinajstić information content (AvgIpc) is 2.55. The second-order valence-corrected chi connectivity index (χ2v) is 4.96. The van der Waals surface area contributed by atoms with Crippen molar-refractivity contribution in [2.24, 2.45) is 10.3 Å². The molecular weight excluding hydrogens is 316 g/mol. The summed E-state index contributed by atoms with van der Waals surface area (Å²) in [5, 5.41) is 19.2. The highest BCUT2D eigenvalue weighted by atomic mass is 35.5. The lowest BCUT2D eigenvalue weighted by atomic mass is 10.2. The van der Waals surface area contributed by atoms with Crippen molar-refractivity contribution in [2.45, 2.75) is 6.92 Å². The van der Waals surface area contributed by atoms with E-state index in [4.69, 9.17) is 16.8 Å². The monoisotopic (exact) mass is 330 g/mol. The molecule has 2 aromatic carbocycles. The number of oxime groups is 1. The van der Waals surface area contributed by atoms with E-state index in [0.717, 1.165) is 0 Å². The van der Waals surface area contributed by atoms with Crippen LogP contribution in [-0.4, -0.2) is 22.5 Å². The maximum atomic E-state index is 12.1. The average molecular weight is 331 g/mol. The topological polar surface area (TPSA) is 86.1 Å². The van der Waals surface area contributed by atoms with Crippen molar-refractivity contribution in [1.29, 1.82) is 0 Å². The van der Waals surface area contributed by atoms with Crippen molar-refractivity contribution in [3.8, 4) is 0 Å². The van der Waals surface area contributed by atoms with Crippen LogP contribution in [0.25, 0.3) is 0 Å². The van der Waals surface area contributed by atoms with Gasteiger partial charge in [-0.05, 0) is 31.2 Å². The van der Waals surface area contributed by atoms with Gasteiger partial charge in [-0.15, -0.1) is 0 Å². The molecule has 0 unspecified atom stereocenters. The van der Waals surface area contributed by atoms with Crippen LogP contribution in [0.2, 0.25) is 5.02 Å². The molecule has 118 valence electrons. The van der Waals surface area contributed by atoms with Crippen LogP contribution in [0.3, 0.4) is 0 Å². The number of carbonyl (C=O) groups excluding carboxylic acids is 1. The highest BCUT2D eigenvalue weighted by Crippen LogP contribution is 2.20. The van der Waals surface area contributed by atoms with Gasteiger partial charge in [-0.25, -0.2) is 0 Å². The van der Waals surface area contributed by atoms with E-state index in [1.54, 1.807) is 55.5 Å². The molecule has 0 aliphatic rings. The van der Waals surface area contributed by atoms with Crippen LogP contribution in [0.5, 0.6) is 0 Å². The molecule has 0 heterocycles. The van der Waals surface area contributed by atoms with Gasteiger partial charge < -0.3 is 10.5 Å². The molecule has 0 atom stereocenters. The SMILES string of the molecule is CC(=N/Nc1ccccc1Cl)/C(=N\O)C(=O)Nc1ccccc1. The van der Waals surface area contributed by atoms with Crippen LogP contribution in [0.1, 0.15) is 6.92 Å². The summed E-state index contributed by atoms with van der Waals surface area (Å²) in [5.74, 6) is -0.569. The number of hydrazone groups is 1. The quantitative estimate of drug-likeness (QED) is 0.445. The minimum absolute atomic E-state index is 0.201. The smallest absolute Gasteiger partial charge is 0.279 e. The van der Waals surface area contributed by atoms with Crippen molar-refractivity contribution in [1.82, 2.24) is 0 Å². The number of benzene rings is 2. The van der Waals surface area contributed by atoms with E-state index in [1.807, 2.05) is 6.07 Å². The van der Waals surface area contributed by atoms with E-state index in [-0.39, 0.29) is 11.4 Å². The number of amides is 1. The predicted octanol–water partition coefficient (Wildman–Crippen LogP) is 3.60. The lowest BCUT2D eigenvalue weighted by Crippen LogP contribution is -2.29. The fourth-order valence-corrected chi connectivity index (χ4v) is 1.92. The second kappa shape index (κ2) is 7.95. The molecule has 0 saturated carbocycles. The maximum Gasteiger partial charge on any atom is 0.279 e. The van der Waals surface area contributed by atoms with Gasteiger partial charge in [0.25, 0.3) is 5.91 Å². The molecule has 2 rings (SSSR count). The molecule has 6 nitrogen and oxygen atoms in total. The maximum absolute atomic E-state index is 12.1. The van der Waals surface area contributed by atoms with Crippen LogP contribution in [0.4, 0.5) is 11.4 Å². The summed E-state index contributed by atoms with van der Waals surface area (Å²) >= 11 is 6.00. The van der Waals surface area contributed by atoms with Crippen molar-refractivity contribution in [3.63, 3.8) is 0 Å². The molecule has 7 heteroatoms. The van der Waals surface area contributed by atoms with Gasteiger partial charge in [-0.3, -0.25) is 10.2 Å². The molecule has 0 aliphatic heterocycles. The first-order chi connectivity index (χ1) is 11.1. The number of hydrogen-bond donors (Lipinski definition) is 3. The molecule has 0 aliphatic carbocycles. The summed E-state index contributed by atoms with van der Waals surface area (Å²) < 4.78 is 0. The third-order valence-corrected chi connectivity index (χ3v) is 3.24. The fourth-order valence-electron chi connectivity index (χ4n) is 1.74. The van der Waals surface area contributed by atoms with Gasteiger partial charge in [-0.2, -0.15) is 5.10 Å². The van der Waals surface area contributed by atoms with Crippen LogP contribution in [-0.2, 0) is 4.79 Å². The highest BCUT2D eigenvalue weighted by Gasteiger charge is 2.16. The van der Waals surface area contributed by atoms with E-state index in [9.17, 15) is 4.79 Å². The second-order valence-electron chi connectivity index (χ2n) is 4.56. The summed E-state index contributed by atoms with van der Waals surface area (Å²) in [6.45, 7) is 1.55. The van der Waals surface area contributed by atoms with Gasteiger partial charge in [0, 0.05) is 5.69 Å². The zero-order valence-electron chi connectivity index (χ0n) is 12.3. The zero-order valence-corrected chi connectivity index (χ0v) is 13.1. The molecule has 0 bridgehead atoms. The number of nitrogens with one attached hydrogen (secondary N) is 2. The minimum atomic E-state index is -0.569. The number of nitrogens with zero attached hydrogens (tertiary/aromatic N) is 2. The highest BCUT2D eigenvalue weighted by molar-refractivity contribution is 6.68. The number of hydrogen-bond acceptors (Lipinski definition) is 5. The van der Waals surface area contributed by atoms with Crippen LogP contribution in [0.15, 0.2) is 64.9 Å². The Morgan fingerprint density at radius 1 is 1.09 bits per heavy atom. The first kappa shape index (κ1) is 16.5. The number of halogens is 1. The first-order valence-corrected chi connectivity index (χ1v) is 7.13. The van der Waals surface area contributed by atoms with Crippen molar-refractivity contribution in [2.75, 3.05) is 10.7 Å². The number of rotatable bonds is 5. The summed E-state index contributed by atoms with van der Waals surface area (Å²) in [4.78, 5) is 12.1. The van der Waals surface area contributed by atoms with Crippen LogP contribution >= 0.6 is 11.6 Å². The van der Waals surface area contributed by atoms with Crippen molar-refractivity contribution >= 4 is 40.3 Å². The lowest BCUT2D eigenvalue weighted by Gasteiger charge is -2.07. The van der Waals surface area contributed by atoms with Crippen LogP contribution < -0.4 is 10.7 Å². The molecular formula is C16H15ClN4O2. The zero-order chi connectivity index (χ0) is 16.7. The summed E-state index contributed by atoms with van der Waals surface area (Å²) in [5.41, 5.74) is 3.91. The first-order valence-electron chi connectivity index (χ1n) is 6.75. The van der Waals surface area contributed by atoms with Crippen molar-refractivity contribution < 1.29 is 10.0 Å². The van der Waals surface area contributed by atoms with Gasteiger partial charge in [-0.1, -0.05) is 47.1 Å². The molecule has 3 N–H and O–H groups in total. The van der Waals surface area contributed by atoms with E-state index in [0.29, 0.717) is 16.4 Å². The molecule has 0 spiro atoms. The van der Waals surface area contributed by atoms with E-state index < -0.39 is 5.91 Å². The lowest BCUT2D eigenvalue weighted by molar-refractivity contribution is -0.110. The molecule has 0 saturated heterocycles. The Morgan fingerprint density at radius 2 is 1.74 bits per heavy atom. The third-order valence-electron chi connectivity index (χ3n) is 2.91. The molecule has 0 radical (unpaired) electrons. The van der Waals surface area contributed by atoms with Gasteiger partial charge in [0.05, 0.1) is 16.4 Å². The van der Waals surface area contributed by atoms with Gasteiger partial charge >= 0.3 is 0 Å². The normalized spacial score (nSPS) is 11.9. The van der Waals surface area contributed by atoms with Crippen molar-refractivity contribution in [3.05, 3.63) is 59.6 Å². The minimum Gasteiger partial charge on any atom is -0.410 e. The van der Waals surface area contributed by atoms with Gasteiger partial charge in [0.1, 0.15) is 0 Å².